The minimum Gasteiger partial charge on any atom is -0.379 e. The Balaban J connectivity index is 1.66. The summed E-state index contributed by atoms with van der Waals surface area (Å²) < 4.78 is 5.38. The van der Waals surface area contributed by atoms with Crippen LogP contribution in [0.3, 0.4) is 0 Å². The molecule has 1 aliphatic heterocycles. The number of carbonyl (C=O) groups is 2. The van der Waals surface area contributed by atoms with Gasteiger partial charge in [0, 0.05) is 18.7 Å². The first-order chi connectivity index (χ1) is 12.0. The van der Waals surface area contributed by atoms with Crippen LogP contribution in [0.2, 0.25) is 0 Å². The third-order valence-corrected chi connectivity index (χ3v) is 5.35. The number of benzene rings is 1. The first-order valence-corrected chi connectivity index (χ1v) is 8.66. The molecular formula is C21H21NO3. The molecule has 0 aromatic heterocycles. The molecule has 1 aromatic carbocycles. The maximum absolute atomic E-state index is 13.2. The van der Waals surface area contributed by atoms with E-state index in [9.17, 15) is 9.59 Å². The Labute approximate surface area is 147 Å². The highest BCUT2D eigenvalue weighted by Gasteiger charge is 2.41. The van der Waals surface area contributed by atoms with E-state index in [0.29, 0.717) is 31.9 Å². The first-order valence-electron chi connectivity index (χ1n) is 8.66. The Bertz CT molecular complexity index is 852. The van der Waals surface area contributed by atoms with Gasteiger partial charge in [0.25, 0.3) is 0 Å². The molecule has 0 unspecified atom stereocenters. The fourth-order valence-electron chi connectivity index (χ4n) is 3.78. The van der Waals surface area contributed by atoms with Crippen LogP contribution in [0.5, 0.6) is 0 Å². The molecule has 1 aromatic rings. The lowest BCUT2D eigenvalue weighted by atomic mass is 9.83. The van der Waals surface area contributed by atoms with Gasteiger partial charge in [-0.1, -0.05) is 30.3 Å². The molecule has 0 radical (unpaired) electrons. The standard InChI is InChI=1S/C21H21NO3/c1-21(2,22-9-11-25-12-10-22)20(24)17-8-7-16-15-6-4-3-5-14(15)13-18(16)19(17)23/h3-8,13H,9-12H2,1-2H3. The number of fused-ring (bicyclic) bond motifs is 3. The van der Waals surface area contributed by atoms with Gasteiger partial charge in [0.1, 0.15) is 0 Å². The molecule has 1 fully saturated rings. The molecule has 0 bridgehead atoms. The molecule has 1 heterocycles. The van der Waals surface area contributed by atoms with Crippen LogP contribution in [0.4, 0.5) is 0 Å². The third-order valence-electron chi connectivity index (χ3n) is 5.35. The Morgan fingerprint density at radius 2 is 1.80 bits per heavy atom. The lowest BCUT2D eigenvalue weighted by molar-refractivity contribution is -0.130. The van der Waals surface area contributed by atoms with Crippen molar-refractivity contribution in [2.24, 2.45) is 0 Å². The van der Waals surface area contributed by atoms with Crippen molar-refractivity contribution >= 4 is 23.2 Å². The van der Waals surface area contributed by atoms with E-state index in [0.717, 1.165) is 16.7 Å². The number of ether oxygens (including phenoxy) is 1. The number of allylic oxidation sites excluding steroid dienone is 4. The zero-order valence-corrected chi connectivity index (χ0v) is 14.5. The number of Topliss-reactive ketones (excluding diaryl/α,β-unsaturated/α-hetero) is 2. The van der Waals surface area contributed by atoms with Crippen LogP contribution in [-0.2, 0) is 14.3 Å². The minimum absolute atomic E-state index is 0.119. The number of morpholine rings is 1. The van der Waals surface area contributed by atoms with Crippen molar-refractivity contribution in [1.29, 1.82) is 0 Å². The van der Waals surface area contributed by atoms with E-state index in [4.69, 9.17) is 4.74 Å². The summed E-state index contributed by atoms with van der Waals surface area (Å²) >= 11 is 0. The predicted molar refractivity (Wildman–Crippen MR) is 97.0 cm³/mol. The number of ketones is 2. The molecule has 0 spiro atoms. The van der Waals surface area contributed by atoms with Crippen LogP contribution in [0.25, 0.3) is 11.6 Å². The number of hydrogen-bond acceptors (Lipinski definition) is 4. The van der Waals surface area contributed by atoms with Gasteiger partial charge in [0.15, 0.2) is 11.6 Å². The topological polar surface area (TPSA) is 46.6 Å². The largest absolute Gasteiger partial charge is 0.379 e. The van der Waals surface area contributed by atoms with Crippen LogP contribution in [-0.4, -0.2) is 48.3 Å². The zero-order chi connectivity index (χ0) is 17.6. The summed E-state index contributed by atoms with van der Waals surface area (Å²) in [6, 6.07) is 7.93. The Hall–Kier alpha value is -2.30. The molecule has 25 heavy (non-hydrogen) atoms. The van der Waals surface area contributed by atoms with Crippen LogP contribution >= 0.6 is 0 Å². The molecule has 0 amide bonds. The van der Waals surface area contributed by atoms with Crippen LogP contribution < -0.4 is 0 Å². The molecule has 2 aliphatic carbocycles. The second-order valence-corrected chi connectivity index (χ2v) is 7.12. The Kier molecular flexibility index (Phi) is 3.82. The summed E-state index contributed by atoms with van der Waals surface area (Å²) in [5.74, 6) is -0.286. The summed E-state index contributed by atoms with van der Waals surface area (Å²) in [5, 5.41) is 0. The second kappa shape index (κ2) is 5.90. The van der Waals surface area contributed by atoms with Gasteiger partial charge < -0.3 is 4.74 Å². The molecule has 128 valence electrons. The zero-order valence-electron chi connectivity index (χ0n) is 14.5. The average Bonchev–Trinajstić information content (AvgIpc) is 3.02. The molecule has 0 N–H and O–H groups in total. The van der Waals surface area contributed by atoms with Crippen molar-refractivity contribution in [1.82, 2.24) is 4.90 Å². The van der Waals surface area contributed by atoms with E-state index in [2.05, 4.69) is 4.90 Å². The predicted octanol–water partition coefficient (Wildman–Crippen LogP) is 2.66. The second-order valence-electron chi connectivity index (χ2n) is 7.12. The van der Waals surface area contributed by atoms with Gasteiger partial charge in [0.2, 0.25) is 0 Å². The van der Waals surface area contributed by atoms with E-state index in [1.165, 1.54) is 0 Å². The van der Waals surface area contributed by atoms with Gasteiger partial charge in [-0.2, -0.15) is 0 Å². The van der Waals surface area contributed by atoms with Crippen LogP contribution in [0.15, 0.2) is 47.6 Å². The number of hydrogen-bond donors (Lipinski definition) is 0. The summed E-state index contributed by atoms with van der Waals surface area (Å²) in [7, 11) is 0. The highest BCUT2D eigenvalue weighted by Crippen LogP contribution is 2.40. The van der Waals surface area contributed by atoms with Crippen molar-refractivity contribution in [2.45, 2.75) is 19.4 Å². The highest BCUT2D eigenvalue weighted by molar-refractivity contribution is 6.36. The van der Waals surface area contributed by atoms with Gasteiger partial charge >= 0.3 is 0 Å². The van der Waals surface area contributed by atoms with E-state index < -0.39 is 5.54 Å². The van der Waals surface area contributed by atoms with Crippen molar-refractivity contribution in [3.8, 4) is 0 Å². The van der Waals surface area contributed by atoms with E-state index in [-0.39, 0.29) is 17.1 Å². The average molecular weight is 335 g/mol. The molecule has 0 saturated carbocycles. The van der Waals surface area contributed by atoms with E-state index >= 15 is 0 Å². The fraction of sp³-hybridized carbons (Fsp3) is 0.333. The van der Waals surface area contributed by atoms with E-state index in [1.807, 2.05) is 50.3 Å². The van der Waals surface area contributed by atoms with Crippen molar-refractivity contribution in [3.63, 3.8) is 0 Å². The quantitative estimate of drug-likeness (QED) is 0.797. The summed E-state index contributed by atoms with van der Waals surface area (Å²) in [5.41, 5.74) is 3.20. The number of nitrogens with zero attached hydrogens (tertiary/aromatic N) is 1. The maximum Gasteiger partial charge on any atom is 0.197 e. The number of carbonyl (C=O) groups excluding carboxylic acids is 2. The number of rotatable bonds is 3. The van der Waals surface area contributed by atoms with Crippen LogP contribution in [0.1, 0.15) is 25.0 Å². The molecular weight excluding hydrogens is 314 g/mol. The molecule has 4 heteroatoms. The van der Waals surface area contributed by atoms with Gasteiger partial charge in [-0.25, -0.2) is 0 Å². The van der Waals surface area contributed by atoms with Gasteiger partial charge in [0.05, 0.1) is 24.3 Å². The van der Waals surface area contributed by atoms with Crippen molar-refractivity contribution in [3.05, 3.63) is 58.7 Å². The SMILES string of the molecule is CC(C)(C(=O)C1=CC=C2C(=Cc3ccccc32)C1=O)N1CCOCC1. The third kappa shape index (κ3) is 2.53. The smallest absolute Gasteiger partial charge is 0.197 e. The Morgan fingerprint density at radius 3 is 2.56 bits per heavy atom. The fourth-order valence-corrected chi connectivity index (χ4v) is 3.78. The van der Waals surface area contributed by atoms with Crippen molar-refractivity contribution < 1.29 is 14.3 Å². The summed E-state index contributed by atoms with van der Waals surface area (Å²) in [4.78, 5) is 28.3. The van der Waals surface area contributed by atoms with E-state index in [1.54, 1.807) is 6.08 Å². The lowest BCUT2D eigenvalue weighted by Crippen LogP contribution is -2.55. The van der Waals surface area contributed by atoms with Gasteiger partial charge in [-0.3, -0.25) is 14.5 Å². The molecule has 3 aliphatic rings. The van der Waals surface area contributed by atoms with Gasteiger partial charge in [-0.05, 0) is 42.7 Å². The summed E-state index contributed by atoms with van der Waals surface area (Å²) in [6.45, 7) is 6.44. The normalized spacial score (nSPS) is 20.4. The Morgan fingerprint density at radius 1 is 1.08 bits per heavy atom. The lowest BCUT2D eigenvalue weighted by Gasteiger charge is -2.40. The van der Waals surface area contributed by atoms with Crippen LogP contribution in [0, 0.1) is 0 Å². The molecule has 4 nitrogen and oxygen atoms in total. The van der Waals surface area contributed by atoms with Crippen molar-refractivity contribution in [2.75, 3.05) is 26.3 Å². The molecule has 1 saturated heterocycles. The summed E-state index contributed by atoms with van der Waals surface area (Å²) in [6.07, 6.45) is 5.49. The molecule has 4 rings (SSSR count). The minimum atomic E-state index is -0.720. The highest BCUT2D eigenvalue weighted by atomic mass is 16.5. The maximum atomic E-state index is 13.2. The van der Waals surface area contributed by atoms with Gasteiger partial charge in [-0.15, -0.1) is 0 Å². The molecule has 0 atom stereocenters. The monoisotopic (exact) mass is 335 g/mol. The first kappa shape index (κ1) is 16.2.